The van der Waals surface area contributed by atoms with Crippen molar-refractivity contribution >= 4 is 16.9 Å². The van der Waals surface area contributed by atoms with Crippen molar-refractivity contribution in [1.82, 2.24) is 15.2 Å². The van der Waals surface area contributed by atoms with Crippen molar-refractivity contribution in [3.63, 3.8) is 0 Å². The Hall–Kier alpha value is -2.32. The molecule has 0 amide bonds. The van der Waals surface area contributed by atoms with Gasteiger partial charge in [0.05, 0.1) is 10.9 Å². The number of aromatic carboxylic acids is 1. The summed E-state index contributed by atoms with van der Waals surface area (Å²) in [7, 11) is 0. The lowest BCUT2D eigenvalue weighted by Crippen LogP contribution is -2.61. The zero-order valence-electron chi connectivity index (χ0n) is 14.0. The second-order valence-corrected chi connectivity index (χ2v) is 6.99. The van der Waals surface area contributed by atoms with Crippen LogP contribution in [-0.2, 0) is 6.42 Å². The van der Waals surface area contributed by atoms with Crippen molar-refractivity contribution in [3.05, 3.63) is 45.2 Å². The van der Waals surface area contributed by atoms with Crippen molar-refractivity contribution in [2.75, 3.05) is 19.6 Å². The average Bonchev–Trinajstić information content (AvgIpc) is 2.63. The van der Waals surface area contributed by atoms with Crippen LogP contribution >= 0.6 is 0 Å². The maximum atomic E-state index is 14.8. The molecule has 2 unspecified atom stereocenters. The van der Waals surface area contributed by atoms with Gasteiger partial charge in [0.25, 0.3) is 0 Å². The molecule has 3 N–H and O–H groups in total. The second kappa shape index (κ2) is 6.44. The van der Waals surface area contributed by atoms with Crippen LogP contribution in [0.1, 0.15) is 28.8 Å². The van der Waals surface area contributed by atoms with E-state index in [-0.39, 0.29) is 22.9 Å². The van der Waals surface area contributed by atoms with Gasteiger partial charge in [0.1, 0.15) is 11.4 Å². The molecule has 3 aliphatic heterocycles. The van der Waals surface area contributed by atoms with E-state index in [9.17, 15) is 18.4 Å². The molecule has 2 bridgehead atoms. The number of hydrogen-bond acceptors (Lipinski definition) is 4. The first-order chi connectivity index (χ1) is 12.5. The van der Waals surface area contributed by atoms with Crippen LogP contribution < -0.4 is 10.7 Å². The summed E-state index contributed by atoms with van der Waals surface area (Å²) in [5.41, 5.74) is -1.67. The molecule has 4 heterocycles. The molecule has 0 saturated carbocycles. The first kappa shape index (κ1) is 17.1. The molecule has 6 nitrogen and oxygen atoms in total. The minimum absolute atomic E-state index is 0.0781. The van der Waals surface area contributed by atoms with Crippen molar-refractivity contribution in [2.24, 2.45) is 0 Å². The number of hydrogen-bond donors (Lipinski definition) is 3. The number of halogens is 2. The lowest BCUT2D eigenvalue weighted by Gasteiger charge is -2.46. The second-order valence-electron chi connectivity index (χ2n) is 6.99. The molecule has 2 aromatic rings. The van der Waals surface area contributed by atoms with Gasteiger partial charge in [-0.05, 0) is 25.3 Å². The Labute approximate surface area is 147 Å². The maximum absolute atomic E-state index is 14.8. The van der Waals surface area contributed by atoms with Crippen LogP contribution in [0.3, 0.4) is 0 Å². The summed E-state index contributed by atoms with van der Waals surface area (Å²) < 4.78 is 29.3. The van der Waals surface area contributed by atoms with Gasteiger partial charge >= 0.3 is 5.97 Å². The Morgan fingerprint density at radius 1 is 1.35 bits per heavy atom. The molecule has 0 aliphatic carbocycles. The quantitative estimate of drug-likeness (QED) is 0.766. The van der Waals surface area contributed by atoms with Gasteiger partial charge in [-0.3, -0.25) is 9.69 Å². The molecule has 8 heteroatoms. The molecular weight excluding hydrogens is 344 g/mol. The Bertz CT molecular complexity index is 935. The number of piperazine rings is 1. The summed E-state index contributed by atoms with van der Waals surface area (Å²) in [5, 5.41) is 12.1. The van der Waals surface area contributed by atoms with Crippen molar-refractivity contribution in [1.29, 1.82) is 0 Å². The molecular formula is C18H19F2N3O3. The lowest BCUT2D eigenvalue weighted by molar-refractivity contribution is 0.0695. The number of rotatable bonds is 4. The topological polar surface area (TPSA) is 85.4 Å². The largest absolute Gasteiger partial charge is 0.477 e. The van der Waals surface area contributed by atoms with Crippen LogP contribution in [0.15, 0.2) is 17.1 Å². The van der Waals surface area contributed by atoms with Crippen LogP contribution in [-0.4, -0.2) is 52.7 Å². The highest BCUT2D eigenvalue weighted by Gasteiger charge is 2.33. The summed E-state index contributed by atoms with van der Waals surface area (Å²) in [5.74, 6) is -3.08. The summed E-state index contributed by atoms with van der Waals surface area (Å²) in [6, 6.07) is 1.77. The monoisotopic (exact) mass is 363 g/mol. The van der Waals surface area contributed by atoms with Gasteiger partial charge < -0.3 is 15.4 Å². The fraction of sp³-hybridized carbons (Fsp3) is 0.444. The van der Waals surface area contributed by atoms with Crippen LogP contribution in [0.25, 0.3) is 10.9 Å². The predicted octanol–water partition coefficient (Wildman–Crippen LogP) is 1.48. The number of nitrogens with zero attached hydrogens (tertiary/aromatic N) is 1. The smallest absolute Gasteiger partial charge is 0.341 e. The number of nitrogens with one attached hydrogen (secondary N) is 2. The van der Waals surface area contributed by atoms with Gasteiger partial charge in [0, 0.05) is 43.5 Å². The van der Waals surface area contributed by atoms with E-state index in [4.69, 9.17) is 5.11 Å². The molecule has 138 valence electrons. The Morgan fingerprint density at radius 2 is 2.15 bits per heavy atom. The first-order valence-electron chi connectivity index (χ1n) is 8.68. The molecule has 5 rings (SSSR count). The third-order valence-electron chi connectivity index (χ3n) is 5.50. The predicted molar refractivity (Wildman–Crippen MR) is 91.5 cm³/mol. The van der Waals surface area contributed by atoms with Crippen molar-refractivity contribution < 1.29 is 18.7 Å². The molecule has 3 fully saturated rings. The molecule has 26 heavy (non-hydrogen) atoms. The fourth-order valence-corrected chi connectivity index (χ4v) is 4.05. The number of pyridine rings is 1. The Kier molecular flexibility index (Phi) is 4.24. The van der Waals surface area contributed by atoms with E-state index in [1.165, 1.54) is 0 Å². The highest BCUT2D eigenvalue weighted by Crippen LogP contribution is 2.25. The number of benzene rings is 1. The minimum Gasteiger partial charge on any atom is -0.477 e. The van der Waals surface area contributed by atoms with E-state index in [0.717, 1.165) is 38.2 Å². The normalized spacial score (nSPS) is 22.8. The minimum atomic E-state index is -1.44. The summed E-state index contributed by atoms with van der Waals surface area (Å²) in [6.07, 6.45) is 3.37. The van der Waals surface area contributed by atoms with Crippen LogP contribution in [0, 0.1) is 11.6 Å². The fourth-order valence-electron chi connectivity index (χ4n) is 4.05. The number of carboxylic acid groups (broad SMARTS) is 1. The van der Waals surface area contributed by atoms with Crippen LogP contribution in [0.5, 0.6) is 0 Å². The molecule has 3 aliphatic rings. The molecule has 1 aromatic carbocycles. The van der Waals surface area contributed by atoms with Crippen molar-refractivity contribution in [3.8, 4) is 0 Å². The van der Waals surface area contributed by atoms with Gasteiger partial charge in [-0.15, -0.1) is 0 Å². The number of H-pyrrole nitrogens is 1. The summed E-state index contributed by atoms with van der Waals surface area (Å²) in [4.78, 5) is 27.9. The highest BCUT2D eigenvalue weighted by molar-refractivity contribution is 5.92. The number of piperidine rings is 2. The first-order valence-corrected chi connectivity index (χ1v) is 8.68. The van der Waals surface area contributed by atoms with E-state index in [2.05, 4.69) is 15.2 Å². The standard InChI is InChI=1S/C18H19F2N3O3/c19-14-5-12-16(22-7-13(17(12)24)18(25)26)15(20)11(14)3-4-23-8-9-1-2-10(23)6-21-9/h5,7,9-10,21H,1-4,6,8H2,(H,22,24)(H,25,26). The van der Waals surface area contributed by atoms with Crippen LogP contribution in [0.2, 0.25) is 0 Å². The van der Waals surface area contributed by atoms with Crippen LogP contribution in [0.4, 0.5) is 8.78 Å². The zero-order valence-corrected chi connectivity index (χ0v) is 14.0. The third kappa shape index (κ3) is 2.79. The number of aromatic nitrogens is 1. The van der Waals surface area contributed by atoms with E-state index < -0.39 is 28.6 Å². The molecule has 0 radical (unpaired) electrons. The van der Waals surface area contributed by atoms with E-state index in [1.54, 1.807) is 0 Å². The number of aromatic amines is 1. The van der Waals surface area contributed by atoms with E-state index in [0.29, 0.717) is 18.6 Å². The van der Waals surface area contributed by atoms with Gasteiger partial charge in [0.2, 0.25) is 5.43 Å². The lowest BCUT2D eigenvalue weighted by atomic mass is 9.92. The van der Waals surface area contributed by atoms with Gasteiger partial charge in [-0.2, -0.15) is 0 Å². The zero-order chi connectivity index (χ0) is 18.4. The van der Waals surface area contributed by atoms with Gasteiger partial charge in [0.15, 0.2) is 5.82 Å². The van der Waals surface area contributed by atoms with Crippen molar-refractivity contribution in [2.45, 2.75) is 31.3 Å². The van der Waals surface area contributed by atoms with Gasteiger partial charge in [-0.1, -0.05) is 0 Å². The SMILES string of the molecule is O=C(O)c1c[nH]c2c(F)c(CCN3CC4CCC3CN4)c(F)cc2c1=O. The summed E-state index contributed by atoms with van der Waals surface area (Å²) in [6.45, 7) is 2.32. The van der Waals surface area contributed by atoms with Gasteiger partial charge in [-0.25, -0.2) is 13.6 Å². The number of fused-ring (bicyclic) bond motifs is 4. The molecule has 2 atom stereocenters. The Morgan fingerprint density at radius 3 is 2.77 bits per heavy atom. The Balaban J connectivity index is 1.64. The molecule has 1 aromatic heterocycles. The third-order valence-corrected chi connectivity index (χ3v) is 5.50. The number of carboxylic acids is 1. The summed E-state index contributed by atoms with van der Waals surface area (Å²) >= 11 is 0. The van der Waals surface area contributed by atoms with E-state index >= 15 is 0 Å². The van der Waals surface area contributed by atoms with E-state index in [1.807, 2.05) is 0 Å². The highest BCUT2D eigenvalue weighted by atomic mass is 19.1. The number of carbonyl (C=O) groups is 1. The maximum Gasteiger partial charge on any atom is 0.341 e. The average molecular weight is 363 g/mol. The molecule has 0 spiro atoms. The molecule has 3 saturated heterocycles.